The zero-order chi connectivity index (χ0) is 24.3. The van der Waals surface area contributed by atoms with Gasteiger partial charge < -0.3 is 19.7 Å². The number of halogens is 1. The maximum absolute atomic E-state index is 13.4. The van der Waals surface area contributed by atoms with Crippen molar-refractivity contribution in [3.05, 3.63) is 28.3 Å². The summed E-state index contributed by atoms with van der Waals surface area (Å²) in [6.45, 7) is 10.4. The number of hydrogen-bond donors (Lipinski definition) is 1. The third-order valence-corrected chi connectivity index (χ3v) is 7.78. The van der Waals surface area contributed by atoms with Crippen LogP contribution in [-0.4, -0.2) is 79.2 Å². The molecule has 1 saturated carbocycles. The van der Waals surface area contributed by atoms with E-state index in [2.05, 4.69) is 10.2 Å². The Morgan fingerprint density at radius 2 is 1.82 bits per heavy atom. The van der Waals surface area contributed by atoms with Crippen LogP contribution in [0.2, 0.25) is 5.02 Å². The molecule has 7 nitrogen and oxygen atoms in total. The van der Waals surface area contributed by atoms with Gasteiger partial charge in [0, 0.05) is 50.7 Å². The molecule has 2 amide bonds. The number of likely N-dealkylation sites (tertiary alicyclic amines) is 1. The Bertz CT molecular complexity index is 875. The van der Waals surface area contributed by atoms with E-state index < -0.39 is 5.60 Å². The minimum absolute atomic E-state index is 0.0140. The lowest BCUT2D eigenvalue weighted by molar-refractivity contribution is -0.157. The molecule has 1 aliphatic carbocycles. The van der Waals surface area contributed by atoms with Crippen molar-refractivity contribution in [1.29, 1.82) is 0 Å². The molecular formula is C26H38ClN3O4. The second kappa shape index (κ2) is 10.8. The maximum Gasteiger partial charge on any atom is 0.225 e. The molecule has 2 heterocycles. The lowest BCUT2D eigenvalue weighted by atomic mass is 9.95. The lowest BCUT2D eigenvalue weighted by Crippen LogP contribution is -2.58. The van der Waals surface area contributed by atoms with Gasteiger partial charge in [-0.15, -0.1) is 0 Å². The first-order chi connectivity index (χ1) is 16.2. The molecule has 188 valence electrons. The number of nitrogens with zero attached hydrogens (tertiary/aromatic N) is 2. The van der Waals surface area contributed by atoms with E-state index in [0.717, 1.165) is 53.7 Å². The highest BCUT2D eigenvalue weighted by molar-refractivity contribution is 6.32. The fourth-order valence-corrected chi connectivity index (χ4v) is 5.25. The van der Waals surface area contributed by atoms with Gasteiger partial charge in [0.25, 0.3) is 0 Å². The van der Waals surface area contributed by atoms with E-state index in [0.29, 0.717) is 39.3 Å². The third kappa shape index (κ3) is 6.64. The van der Waals surface area contributed by atoms with Gasteiger partial charge in [0.15, 0.2) is 0 Å². The van der Waals surface area contributed by atoms with E-state index >= 15 is 0 Å². The van der Waals surface area contributed by atoms with Crippen LogP contribution in [0.4, 0.5) is 0 Å². The number of hydrogen-bond acceptors (Lipinski definition) is 5. The van der Waals surface area contributed by atoms with Crippen molar-refractivity contribution in [2.75, 3.05) is 45.9 Å². The quantitative estimate of drug-likeness (QED) is 0.604. The summed E-state index contributed by atoms with van der Waals surface area (Å²) in [6.07, 6.45) is 4.46. The van der Waals surface area contributed by atoms with Crippen LogP contribution in [-0.2, 0) is 14.3 Å². The summed E-state index contributed by atoms with van der Waals surface area (Å²) >= 11 is 6.33. The summed E-state index contributed by atoms with van der Waals surface area (Å²) in [5, 5.41) is 3.73. The topological polar surface area (TPSA) is 71.1 Å². The molecule has 8 heteroatoms. The van der Waals surface area contributed by atoms with Gasteiger partial charge in [-0.3, -0.25) is 14.5 Å². The van der Waals surface area contributed by atoms with Gasteiger partial charge in [-0.1, -0.05) is 11.6 Å². The number of nitrogens with one attached hydrogen (secondary N) is 1. The zero-order valence-corrected chi connectivity index (χ0v) is 21.5. The molecule has 2 aliphatic heterocycles. The van der Waals surface area contributed by atoms with Crippen LogP contribution >= 0.6 is 11.6 Å². The summed E-state index contributed by atoms with van der Waals surface area (Å²) in [5.74, 6) is 1.62. The Morgan fingerprint density at radius 1 is 1.15 bits per heavy atom. The van der Waals surface area contributed by atoms with E-state index in [-0.39, 0.29) is 17.9 Å². The van der Waals surface area contributed by atoms with Crippen LogP contribution in [0.3, 0.4) is 0 Å². The Labute approximate surface area is 208 Å². The second-order valence-electron chi connectivity index (χ2n) is 10.4. The number of aryl methyl sites for hydroxylation is 2. The number of benzene rings is 1. The standard InChI is InChI=1S/C26H38ClN3O4/c1-18-12-23(13-19(2)25(18)27)33-17-26(16-29(10-11-34-26)15-21-4-5-21)14-24(32)30-8-6-22(7-9-30)28-20(3)31/h12-13,21-22H,4-11,14-17H2,1-3H3,(H,28,31). The van der Waals surface area contributed by atoms with Crippen molar-refractivity contribution in [2.24, 2.45) is 5.92 Å². The van der Waals surface area contributed by atoms with Crippen LogP contribution in [0.5, 0.6) is 5.75 Å². The van der Waals surface area contributed by atoms with E-state index in [4.69, 9.17) is 21.1 Å². The Morgan fingerprint density at radius 3 is 2.44 bits per heavy atom. The Balaban J connectivity index is 1.43. The first-order valence-corrected chi connectivity index (χ1v) is 12.9. The smallest absolute Gasteiger partial charge is 0.225 e. The fourth-order valence-electron chi connectivity index (χ4n) is 5.14. The minimum atomic E-state index is -0.680. The third-order valence-electron chi connectivity index (χ3n) is 7.18. The molecule has 1 unspecified atom stereocenters. The van der Waals surface area contributed by atoms with Crippen molar-refractivity contribution < 1.29 is 19.1 Å². The van der Waals surface area contributed by atoms with Gasteiger partial charge in [-0.25, -0.2) is 0 Å². The van der Waals surface area contributed by atoms with Crippen LogP contribution in [0.15, 0.2) is 12.1 Å². The number of rotatable bonds is 8. The van der Waals surface area contributed by atoms with Crippen LogP contribution in [0, 0.1) is 19.8 Å². The molecule has 34 heavy (non-hydrogen) atoms. The highest BCUT2D eigenvalue weighted by atomic mass is 35.5. The molecule has 3 fully saturated rings. The van der Waals surface area contributed by atoms with Gasteiger partial charge >= 0.3 is 0 Å². The van der Waals surface area contributed by atoms with Crippen molar-refractivity contribution in [3.8, 4) is 5.75 Å². The second-order valence-corrected chi connectivity index (χ2v) is 10.8. The number of morpholine rings is 1. The SMILES string of the molecule is CC(=O)NC1CCN(C(=O)CC2(COc3cc(C)c(Cl)c(C)c3)CN(CC3CC3)CCO2)CC1. The fraction of sp³-hybridized carbons (Fsp3) is 0.692. The van der Waals surface area contributed by atoms with E-state index in [1.165, 1.54) is 12.8 Å². The van der Waals surface area contributed by atoms with Gasteiger partial charge in [0.2, 0.25) is 11.8 Å². The lowest BCUT2D eigenvalue weighted by Gasteiger charge is -2.43. The summed E-state index contributed by atoms with van der Waals surface area (Å²) < 4.78 is 12.6. The van der Waals surface area contributed by atoms with Crippen molar-refractivity contribution in [2.45, 2.75) is 64.5 Å². The molecule has 0 bridgehead atoms. The highest BCUT2D eigenvalue weighted by Gasteiger charge is 2.42. The summed E-state index contributed by atoms with van der Waals surface area (Å²) in [7, 11) is 0. The highest BCUT2D eigenvalue weighted by Crippen LogP contribution is 2.33. The van der Waals surface area contributed by atoms with Crippen molar-refractivity contribution in [1.82, 2.24) is 15.1 Å². The summed E-state index contributed by atoms with van der Waals surface area (Å²) in [4.78, 5) is 29.1. The van der Waals surface area contributed by atoms with E-state index in [1.807, 2.05) is 30.9 Å². The predicted molar refractivity (Wildman–Crippen MR) is 132 cm³/mol. The minimum Gasteiger partial charge on any atom is -0.490 e. The largest absolute Gasteiger partial charge is 0.490 e. The van der Waals surface area contributed by atoms with E-state index in [9.17, 15) is 9.59 Å². The first-order valence-electron chi connectivity index (χ1n) is 12.5. The first kappa shape index (κ1) is 25.3. The normalized spacial score (nSPS) is 24.2. The summed E-state index contributed by atoms with van der Waals surface area (Å²) in [6, 6.07) is 4.04. The average molecular weight is 492 g/mol. The molecule has 1 atom stereocenters. The van der Waals surface area contributed by atoms with Crippen LogP contribution in [0.25, 0.3) is 0 Å². The molecule has 0 spiro atoms. The predicted octanol–water partition coefficient (Wildman–Crippen LogP) is 3.33. The number of ether oxygens (including phenoxy) is 2. The Kier molecular flexibility index (Phi) is 8.05. The molecule has 1 N–H and O–H groups in total. The molecule has 4 rings (SSSR count). The van der Waals surface area contributed by atoms with Crippen LogP contribution in [0.1, 0.15) is 50.2 Å². The number of carbonyl (C=O) groups excluding carboxylic acids is 2. The molecule has 2 saturated heterocycles. The number of piperidine rings is 1. The maximum atomic E-state index is 13.4. The van der Waals surface area contributed by atoms with Gasteiger partial charge in [-0.05, 0) is 68.7 Å². The molecule has 0 radical (unpaired) electrons. The average Bonchev–Trinajstić information content (AvgIpc) is 3.60. The van der Waals surface area contributed by atoms with Crippen molar-refractivity contribution >= 4 is 23.4 Å². The van der Waals surface area contributed by atoms with Gasteiger partial charge in [0.05, 0.1) is 13.0 Å². The van der Waals surface area contributed by atoms with Crippen LogP contribution < -0.4 is 10.1 Å². The Hall–Kier alpha value is -1.83. The molecular weight excluding hydrogens is 454 g/mol. The molecule has 1 aromatic carbocycles. The van der Waals surface area contributed by atoms with Gasteiger partial charge in [0.1, 0.15) is 18.0 Å². The number of amides is 2. The van der Waals surface area contributed by atoms with Crippen molar-refractivity contribution in [3.63, 3.8) is 0 Å². The van der Waals surface area contributed by atoms with Gasteiger partial charge in [-0.2, -0.15) is 0 Å². The zero-order valence-electron chi connectivity index (χ0n) is 20.7. The molecule has 0 aromatic heterocycles. The number of carbonyl (C=O) groups is 2. The summed E-state index contributed by atoms with van der Waals surface area (Å²) in [5.41, 5.74) is 1.27. The van der Waals surface area contributed by atoms with E-state index in [1.54, 1.807) is 6.92 Å². The molecule has 1 aromatic rings. The molecule has 3 aliphatic rings. The monoisotopic (exact) mass is 491 g/mol.